The van der Waals surface area contributed by atoms with Gasteiger partial charge in [-0.2, -0.15) is 13.2 Å². The molecule has 0 aromatic carbocycles. The van der Waals surface area contributed by atoms with Gasteiger partial charge in [0, 0.05) is 5.54 Å². The van der Waals surface area contributed by atoms with Crippen molar-refractivity contribution >= 4 is 6.03 Å². The molecule has 1 fully saturated rings. The van der Waals surface area contributed by atoms with Crippen molar-refractivity contribution in [2.45, 2.75) is 37.9 Å². The number of halogens is 3. The summed E-state index contributed by atoms with van der Waals surface area (Å²) in [5.41, 5.74) is -0.310. The molecule has 0 atom stereocenters. The molecule has 1 aliphatic carbocycles. The lowest BCUT2D eigenvalue weighted by molar-refractivity contribution is -0.122. The van der Waals surface area contributed by atoms with E-state index < -0.39 is 18.8 Å². The lowest BCUT2D eigenvalue weighted by Gasteiger charge is -2.39. The fourth-order valence-corrected chi connectivity index (χ4v) is 1.33. The van der Waals surface area contributed by atoms with Gasteiger partial charge in [-0.1, -0.05) is 0 Å². The highest BCUT2D eigenvalue weighted by Crippen LogP contribution is 2.30. The van der Waals surface area contributed by atoms with Crippen molar-refractivity contribution in [1.29, 1.82) is 0 Å². The highest BCUT2D eigenvalue weighted by atomic mass is 19.4. The van der Waals surface area contributed by atoms with E-state index >= 15 is 0 Å². The molecule has 14 heavy (non-hydrogen) atoms. The van der Waals surface area contributed by atoms with Crippen molar-refractivity contribution < 1.29 is 18.0 Å². The van der Waals surface area contributed by atoms with Gasteiger partial charge in [-0.25, -0.2) is 4.79 Å². The lowest BCUT2D eigenvalue weighted by atomic mass is 9.79. The smallest absolute Gasteiger partial charge is 0.333 e. The van der Waals surface area contributed by atoms with Crippen LogP contribution in [0.5, 0.6) is 0 Å². The van der Waals surface area contributed by atoms with Gasteiger partial charge in [0.05, 0.1) is 0 Å². The van der Waals surface area contributed by atoms with Gasteiger partial charge in [-0.15, -0.1) is 0 Å². The van der Waals surface area contributed by atoms with Crippen LogP contribution in [0.4, 0.5) is 18.0 Å². The molecule has 0 saturated heterocycles. The van der Waals surface area contributed by atoms with Crippen LogP contribution in [0.1, 0.15) is 26.2 Å². The second-order valence-electron chi connectivity index (χ2n) is 3.84. The average molecular weight is 210 g/mol. The Morgan fingerprint density at radius 1 is 1.43 bits per heavy atom. The molecule has 0 aliphatic heterocycles. The molecule has 0 bridgehead atoms. The standard InChI is InChI=1S/C8H13F3N2O/c1-7(3-2-4-7)13-6(14)12-5-8(9,10)11/h2-5H2,1H3,(H2,12,13,14). The molecule has 6 heteroatoms. The first-order valence-corrected chi connectivity index (χ1v) is 4.44. The predicted molar refractivity (Wildman–Crippen MR) is 44.8 cm³/mol. The number of urea groups is 1. The first kappa shape index (κ1) is 11.1. The Morgan fingerprint density at radius 2 is 2.00 bits per heavy atom. The summed E-state index contributed by atoms with van der Waals surface area (Å²) in [6.07, 6.45) is -1.69. The van der Waals surface area contributed by atoms with Crippen LogP contribution in [0.3, 0.4) is 0 Å². The molecule has 0 unspecified atom stereocenters. The van der Waals surface area contributed by atoms with E-state index in [2.05, 4.69) is 5.32 Å². The summed E-state index contributed by atoms with van der Waals surface area (Å²) in [7, 11) is 0. The van der Waals surface area contributed by atoms with Crippen molar-refractivity contribution in [3.8, 4) is 0 Å². The zero-order valence-electron chi connectivity index (χ0n) is 7.87. The largest absolute Gasteiger partial charge is 0.405 e. The van der Waals surface area contributed by atoms with Gasteiger partial charge in [0.25, 0.3) is 0 Å². The Bertz CT molecular complexity index is 223. The zero-order valence-corrected chi connectivity index (χ0v) is 7.87. The minimum absolute atomic E-state index is 0.310. The van der Waals surface area contributed by atoms with E-state index in [0.717, 1.165) is 19.3 Å². The van der Waals surface area contributed by atoms with Gasteiger partial charge in [-0.05, 0) is 26.2 Å². The molecular formula is C8H13F3N2O. The number of hydrogen-bond acceptors (Lipinski definition) is 1. The highest BCUT2D eigenvalue weighted by molar-refractivity contribution is 5.74. The fourth-order valence-electron chi connectivity index (χ4n) is 1.33. The number of rotatable bonds is 2. The van der Waals surface area contributed by atoms with Gasteiger partial charge in [-0.3, -0.25) is 0 Å². The molecular weight excluding hydrogens is 197 g/mol. The van der Waals surface area contributed by atoms with Crippen molar-refractivity contribution in [2.24, 2.45) is 0 Å². The zero-order chi connectivity index (χ0) is 10.8. The molecule has 0 radical (unpaired) electrons. The molecule has 0 aromatic rings. The van der Waals surface area contributed by atoms with Crippen LogP contribution in [0.15, 0.2) is 0 Å². The highest BCUT2D eigenvalue weighted by Gasteiger charge is 2.34. The Hall–Kier alpha value is -0.940. The minimum atomic E-state index is -4.35. The Kier molecular flexibility index (Phi) is 2.92. The molecule has 0 aromatic heterocycles. The third-order valence-electron chi connectivity index (χ3n) is 2.32. The number of carbonyl (C=O) groups is 1. The molecule has 0 spiro atoms. The maximum absolute atomic E-state index is 11.7. The quantitative estimate of drug-likeness (QED) is 0.716. The van der Waals surface area contributed by atoms with Crippen molar-refractivity contribution in [3.05, 3.63) is 0 Å². The van der Waals surface area contributed by atoms with Crippen LogP contribution < -0.4 is 10.6 Å². The van der Waals surface area contributed by atoms with Crippen LogP contribution >= 0.6 is 0 Å². The Morgan fingerprint density at radius 3 is 2.36 bits per heavy atom. The second kappa shape index (κ2) is 3.67. The van der Waals surface area contributed by atoms with Gasteiger partial charge in [0.2, 0.25) is 0 Å². The molecule has 3 nitrogen and oxygen atoms in total. The number of alkyl halides is 3. The van der Waals surface area contributed by atoms with E-state index in [-0.39, 0.29) is 5.54 Å². The summed E-state index contributed by atoms with van der Waals surface area (Å²) in [5, 5.41) is 4.29. The number of nitrogens with one attached hydrogen (secondary N) is 2. The molecule has 1 aliphatic rings. The van der Waals surface area contributed by atoms with Gasteiger partial charge in [0.1, 0.15) is 6.54 Å². The van der Waals surface area contributed by atoms with E-state index in [0.29, 0.717) is 0 Å². The van der Waals surface area contributed by atoms with E-state index in [1.54, 1.807) is 5.32 Å². The summed E-state index contributed by atoms with van der Waals surface area (Å²) in [6.45, 7) is 0.540. The third kappa shape index (κ3) is 3.43. The minimum Gasteiger partial charge on any atom is -0.333 e. The fraction of sp³-hybridized carbons (Fsp3) is 0.875. The normalized spacial score (nSPS) is 19.7. The van der Waals surface area contributed by atoms with Crippen molar-refractivity contribution in [2.75, 3.05) is 6.54 Å². The number of carbonyl (C=O) groups excluding carboxylic acids is 1. The molecule has 82 valence electrons. The first-order valence-electron chi connectivity index (χ1n) is 4.44. The lowest BCUT2D eigenvalue weighted by Crippen LogP contribution is -2.55. The Labute approximate surface area is 80.0 Å². The predicted octanol–water partition coefficient (Wildman–Crippen LogP) is 1.79. The van der Waals surface area contributed by atoms with Crippen LogP contribution in [0, 0.1) is 0 Å². The molecule has 2 amide bonds. The first-order chi connectivity index (χ1) is 6.31. The van der Waals surface area contributed by atoms with E-state index in [1.165, 1.54) is 0 Å². The molecule has 1 saturated carbocycles. The molecule has 0 heterocycles. The van der Waals surface area contributed by atoms with Crippen LogP contribution in [0.25, 0.3) is 0 Å². The molecule has 2 N–H and O–H groups in total. The van der Waals surface area contributed by atoms with Crippen LogP contribution in [-0.2, 0) is 0 Å². The Balaban J connectivity index is 2.22. The van der Waals surface area contributed by atoms with Gasteiger partial charge in [0.15, 0.2) is 0 Å². The summed E-state index contributed by atoms with van der Waals surface area (Å²) in [6, 6.07) is -0.746. The number of amides is 2. The summed E-state index contributed by atoms with van der Waals surface area (Å²) >= 11 is 0. The molecule has 1 rings (SSSR count). The average Bonchev–Trinajstić information content (AvgIpc) is 1.97. The topological polar surface area (TPSA) is 41.1 Å². The summed E-state index contributed by atoms with van der Waals surface area (Å²) < 4.78 is 35.1. The SMILES string of the molecule is CC1(NC(=O)NCC(F)(F)F)CCC1. The van der Waals surface area contributed by atoms with Gasteiger partial charge >= 0.3 is 12.2 Å². The van der Waals surface area contributed by atoms with Crippen LogP contribution in [-0.4, -0.2) is 24.3 Å². The van der Waals surface area contributed by atoms with Crippen molar-refractivity contribution in [3.63, 3.8) is 0 Å². The van der Waals surface area contributed by atoms with E-state index in [1.807, 2.05) is 6.92 Å². The maximum atomic E-state index is 11.7. The van der Waals surface area contributed by atoms with Gasteiger partial charge < -0.3 is 10.6 Å². The van der Waals surface area contributed by atoms with E-state index in [4.69, 9.17) is 0 Å². The van der Waals surface area contributed by atoms with Crippen LogP contribution in [0.2, 0.25) is 0 Å². The third-order valence-corrected chi connectivity index (χ3v) is 2.32. The van der Waals surface area contributed by atoms with Crippen molar-refractivity contribution in [1.82, 2.24) is 10.6 Å². The number of hydrogen-bond donors (Lipinski definition) is 2. The summed E-state index contributed by atoms with van der Waals surface area (Å²) in [5.74, 6) is 0. The second-order valence-corrected chi connectivity index (χ2v) is 3.84. The summed E-state index contributed by atoms with van der Waals surface area (Å²) in [4.78, 5) is 11.0. The maximum Gasteiger partial charge on any atom is 0.405 e. The van der Waals surface area contributed by atoms with E-state index in [9.17, 15) is 18.0 Å². The monoisotopic (exact) mass is 210 g/mol.